The molecule has 0 saturated carbocycles. The Bertz CT molecular complexity index is 1220. The third-order valence-electron chi connectivity index (χ3n) is 3.88. The number of para-hydroxylation sites is 2. The molecule has 5 heteroatoms. The number of carbonyl (C=O) groups excluding carboxylic acids is 1. The minimum Gasteiger partial charge on any atom is -0.422 e. The summed E-state index contributed by atoms with van der Waals surface area (Å²) in [6.07, 6.45) is 0. The summed E-state index contributed by atoms with van der Waals surface area (Å²) in [5, 5.41) is 1.35. The Kier molecular flexibility index (Phi) is 3.13. The number of carbonyl (C=O) groups is 1. The number of fused-ring (bicyclic) bond motifs is 2. The van der Waals surface area contributed by atoms with Crippen LogP contribution in [0.3, 0.4) is 0 Å². The SMILES string of the molecule is O=C(c1cc2ccccc2oc1=O)n1c(=O)ccc2ccccc21. The summed E-state index contributed by atoms with van der Waals surface area (Å²) in [5.41, 5.74) is -0.594. The molecule has 5 nitrogen and oxygen atoms in total. The van der Waals surface area contributed by atoms with E-state index in [1.165, 1.54) is 12.1 Å². The van der Waals surface area contributed by atoms with Crippen LogP contribution >= 0.6 is 0 Å². The molecule has 0 aliphatic carbocycles. The van der Waals surface area contributed by atoms with Crippen LogP contribution in [0.5, 0.6) is 0 Å². The van der Waals surface area contributed by atoms with Crippen molar-refractivity contribution in [3.8, 4) is 0 Å². The van der Waals surface area contributed by atoms with E-state index < -0.39 is 17.1 Å². The molecule has 4 aromatic rings. The van der Waals surface area contributed by atoms with Crippen LogP contribution < -0.4 is 11.2 Å². The molecule has 0 aliphatic heterocycles. The van der Waals surface area contributed by atoms with E-state index >= 15 is 0 Å². The number of benzene rings is 2. The molecule has 0 bridgehead atoms. The normalized spacial score (nSPS) is 11.0. The van der Waals surface area contributed by atoms with E-state index in [0.29, 0.717) is 16.5 Å². The first-order valence-corrected chi connectivity index (χ1v) is 7.33. The molecule has 0 aliphatic rings. The Labute approximate surface area is 135 Å². The quantitative estimate of drug-likeness (QED) is 0.506. The molecular formula is C19H11NO4. The fraction of sp³-hybridized carbons (Fsp3) is 0. The van der Waals surface area contributed by atoms with Gasteiger partial charge in [0, 0.05) is 11.5 Å². The predicted molar refractivity (Wildman–Crippen MR) is 90.4 cm³/mol. The van der Waals surface area contributed by atoms with Gasteiger partial charge in [-0.05, 0) is 29.7 Å². The van der Waals surface area contributed by atoms with Crippen molar-refractivity contribution in [2.24, 2.45) is 0 Å². The van der Waals surface area contributed by atoms with Crippen LogP contribution in [0.2, 0.25) is 0 Å². The fourth-order valence-corrected chi connectivity index (χ4v) is 2.73. The van der Waals surface area contributed by atoms with Crippen LogP contribution in [0.4, 0.5) is 0 Å². The second-order valence-electron chi connectivity index (χ2n) is 5.36. The Hall–Kier alpha value is -3.47. The van der Waals surface area contributed by atoms with Gasteiger partial charge in [-0.15, -0.1) is 0 Å². The summed E-state index contributed by atoms with van der Waals surface area (Å²) in [5.74, 6) is -0.698. The van der Waals surface area contributed by atoms with Crippen LogP contribution in [-0.4, -0.2) is 10.5 Å². The summed E-state index contributed by atoms with van der Waals surface area (Å²) in [6, 6.07) is 18.3. The molecule has 0 saturated heterocycles. The summed E-state index contributed by atoms with van der Waals surface area (Å²) >= 11 is 0. The first-order chi connectivity index (χ1) is 11.6. The molecular weight excluding hydrogens is 306 g/mol. The van der Waals surface area contributed by atoms with Gasteiger partial charge < -0.3 is 4.42 Å². The highest BCUT2D eigenvalue weighted by Gasteiger charge is 2.18. The van der Waals surface area contributed by atoms with Crippen molar-refractivity contribution in [2.75, 3.05) is 0 Å². The molecule has 0 atom stereocenters. The zero-order valence-corrected chi connectivity index (χ0v) is 12.4. The average Bonchev–Trinajstić information content (AvgIpc) is 2.60. The number of hydrogen-bond donors (Lipinski definition) is 0. The summed E-state index contributed by atoms with van der Waals surface area (Å²) in [6.45, 7) is 0. The Morgan fingerprint density at radius 2 is 1.54 bits per heavy atom. The van der Waals surface area contributed by atoms with Crippen molar-refractivity contribution in [2.45, 2.75) is 0 Å². The van der Waals surface area contributed by atoms with Crippen molar-refractivity contribution >= 4 is 27.8 Å². The van der Waals surface area contributed by atoms with Crippen LogP contribution in [-0.2, 0) is 0 Å². The number of pyridine rings is 1. The van der Waals surface area contributed by atoms with Crippen molar-refractivity contribution in [1.82, 2.24) is 4.57 Å². The maximum absolute atomic E-state index is 12.8. The second-order valence-corrected chi connectivity index (χ2v) is 5.36. The van der Waals surface area contributed by atoms with E-state index in [0.717, 1.165) is 9.95 Å². The monoisotopic (exact) mass is 317 g/mol. The lowest BCUT2D eigenvalue weighted by atomic mass is 10.1. The molecule has 2 aromatic heterocycles. The topological polar surface area (TPSA) is 69.3 Å². The molecule has 2 aromatic carbocycles. The van der Waals surface area contributed by atoms with Crippen molar-refractivity contribution in [1.29, 1.82) is 0 Å². The molecule has 0 amide bonds. The molecule has 0 fully saturated rings. The van der Waals surface area contributed by atoms with Crippen molar-refractivity contribution in [3.63, 3.8) is 0 Å². The van der Waals surface area contributed by atoms with Crippen LogP contribution in [0.25, 0.3) is 21.9 Å². The van der Waals surface area contributed by atoms with E-state index in [4.69, 9.17) is 4.42 Å². The summed E-state index contributed by atoms with van der Waals surface area (Å²) in [7, 11) is 0. The lowest BCUT2D eigenvalue weighted by Crippen LogP contribution is -2.30. The number of hydrogen-bond acceptors (Lipinski definition) is 4. The molecule has 0 radical (unpaired) electrons. The minimum atomic E-state index is -0.765. The lowest BCUT2D eigenvalue weighted by Gasteiger charge is -2.08. The number of rotatable bonds is 1. The van der Waals surface area contributed by atoms with E-state index in [-0.39, 0.29) is 5.56 Å². The minimum absolute atomic E-state index is 0.174. The van der Waals surface area contributed by atoms with Gasteiger partial charge in [-0.2, -0.15) is 0 Å². The zero-order valence-electron chi connectivity index (χ0n) is 12.4. The molecule has 0 N–H and O–H groups in total. The van der Waals surface area contributed by atoms with Gasteiger partial charge in [-0.3, -0.25) is 9.59 Å². The van der Waals surface area contributed by atoms with E-state index in [2.05, 4.69) is 0 Å². The van der Waals surface area contributed by atoms with Gasteiger partial charge in [-0.1, -0.05) is 36.4 Å². The van der Waals surface area contributed by atoms with E-state index in [9.17, 15) is 14.4 Å². The van der Waals surface area contributed by atoms with Crippen LogP contribution in [0.1, 0.15) is 10.4 Å². The van der Waals surface area contributed by atoms with Crippen LogP contribution in [0, 0.1) is 0 Å². The smallest absolute Gasteiger partial charge is 0.349 e. The highest BCUT2D eigenvalue weighted by atomic mass is 16.4. The molecule has 0 unspecified atom stereocenters. The maximum atomic E-state index is 12.8. The molecule has 2 heterocycles. The Balaban J connectivity index is 2.01. The van der Waals surface area contributed by atoms with Gasteiger partial charge in [0.2, 0.25) is 0 Å². The maximum Gasteiger partial charge on any atom is 0.349 e. The summed E-state index contributed by atoms with van der Waals surface area (Å²) in [4.78, 5) is 37.3. The predicted octanol–water partition coefficient (Wildman–Crippen LogP) is 2.80. The van der Waals surface area contributed by atoms with Gasteiger partial charge in [0.05, 0.1) is 5.52 Å². The number of nitrogens with zero attached hydrogens (tertiary/aromatic N) is 1. The van der Waals surface area contributed by atoms with Gasteiger partial charge in [0.15, 0.2) is 0 Å². The molecule has 4 rings (SSSR count). The third-order valence-corrected chi connectivity index (χ3v) is 3.88. The molecule has 0 spiro atoms. The molecule has 116 valence electrons. The van der Waals surface area contributed by atoms with Gasteiger partial charge in [-0.25, -0.2) is 9.36 Å². The van der Waals surface area contributed by atoms with Gasteiger partial charge >= 0.3 is 5.63 Å². The number of aromatic nitrogens is 1. The van der Waals surface area contributed by atoms with Gasteiger partial charge in [0.1, 0.15) is 11.1 Å². The van der Waals surface area contributed by atoms with Crippen molar-refractivity contribution < 1.29 is 9.21 Å². The Morgan fingerprint density at radius 3 is 2.38 bits per heavy atom. The largest absolute Gasteiger partial charge is 0.422 e. The second kappa shape index (κ2) is 5.31. The highest BCUT2D eigenvalue weighted by Crippen LogP contribution is 2.15. The highest BCUT2D eigenvalue weighted by molar-refractivity contribution is 6.02. The Morgan fingerprint density at radius 1 is 0.833 bits per heavy atom. The first kappa shape index (κ1) is 14.1. The van der Waals surface area contributed by atoms with Crippen LogP contribution in [0.15, 0.2) is 80.7 Å². The van der Waals surface area contributed by atoms with E-state index in [1.807, 2.05) is 6.07 Å². The fourth-order valence-electron chi connectivity index (χ4n) is 2.73. The summed E-state index contributed by atoms with van der Waals surface area (Å²) < 4.78 is 6.19. The first-order valence-electron chi connectivity index (χ1n) is 7.33. The molecule has 24 heavy (non-hydrogen) atoms. The van der Waals surface area contributed by atoms with Gasteiger partial charge in [0.25, 0.3) is 11.5 Å². The standard InChI is InChI=1S/C19H11NO4/c21-17-10-9-12-5-1-3-7-15(12)20(17)18(22)14-11-13-6-2-4-8-16(13)24-19(14)23/h1-11H. The van der Waals surface area contributed by atoms with E-state index in [1.54, 1.807) is 48.5 Å². The zero-order chi connectivity index (χ0) is 16.7. The van der Waals surface area contributed by atoms with Crippen molar-refractivity contribution in [3.05, 3.63) is 93.1 Å². The average molecular weight is 317 g/mol. The third kappa shape index (κ3) is 2.14. The lowest BCUT2D eigenvalue weighted by molar-refractivity contribution is 0.0957.